The fourth-order valence-corrected chi connectivity index (χ4v) is 4.76. The van der Waals surface area contributed by atoms with Gasteiger partial charge in [0.1, 0.15) is 22.8 Å². The monoisotopic (exact) mass is 528 g/mol. The Morgan fingerprint density at radius 1 is 1.03 bits per heavy atom. The molecule has 39 heavy (non-hydrogen) atoms. The number of pyridine rings is 1. The molecule has 4 heterocycles. The molecule has 0 radical (unpaired) electrons. The quantitative estimate of drug-likeness (QED) is 0.377. The maximum absolute atomic E-state index is 13.0. The Balaban J connectivity index is 1.39. The van der Waals surface area contributed by atoms with E-state index in [0.717, 1.165) is 38.3 Å². The van der Waals surface area contributed by atoms with Crippen LogP contribution in [-0.2, 0) is 5.60 Å². The number of anilines is 5. The molecule has 4 N–H and O–H groups in total. The van der Waals surface area contributed by atoms with E-state index in [4.69, 9.17) is 0 Å². The van der Waals surface area contributed by atoms with Crippen molar-refractivity contribution in [3.05, 3.63) is 72.1 Å². The summed E-state index contributed by atoms with van der Waals surface area (Å²) in [6.45, 7) is 6.34. The van der Waals surface area contributed by atoms with Gasteiger partial charge in [-0.25, -0.2) is 9.97 Å². The second-order valence-corrected chi connectivity index (χ2v) is 10.3. The molecule has 0 saturated carbocycles. The summed E-state index contributed by atoms with van der Waals surface area (Å²) < 4.78 is 0. The van der Waals surface area contributed by atoms with Crippen molar-refractivity contribution < 1.29 is 9.90 Å². The second-order valence-electron chi connectivity index (χ2n) is 10.3. The standard InChI is InChI=1S/C29H36N8O2/c1-29(39)14-4-3-5-15-30-27(38)23-20-31-28(35-26(23)34-25-9-6-8-24(29)33-25)32-21-10-12-22(13-11-21)37-17-7-16-36(2)18-19-37/h3,5-6,8-13,20,39H,4,7,14-19H2,1-2H3,(H,30,38)(H2,31,32,33,34,35)/b5-3-. The first kappa shape index (κ1) is 26.6. The molecule has 1 unspecified atom stereocenters. The Hall–Kier alpha value is -4.02. The van der Waals surface area contributed by atoms with Crippen LogP contribution in [0.25, 0.3) is 0 Å². The van der Waals surface area contributed by atoms with E-state index in [1.54, 1.807) is 19.1 Å². The van der Waals surface area contributed by atoms with Crippen molar-refractivity contribution in [2.45, 2.75) is 31.8 Å². The van der Waals surface area contributed by atoms with Gasteiger partial charge in [0.15, 0.2) is 0 Å². The first-order valence-electron chi connectivity index (χ1n) is 13.5. The van der Waals surface area contributed by atoms with Crippen molar-refractivity contribution in [1.82, 2.24) is 25.2 Å². The van der Waals surface area contributed by atoms with Crippen LogP contribution < -0.4 is 20.9 Å². The molecule has 1 saturated heterocycles. The van der Waals surface area contributed by atoms with E-state index in [-0.39, 0.29) is 5.91 Å². The predicted octanol–water partition coefficient (Wildman–Crippen LogP) is 3.79. The summed E-state index contributed by atoms with van der Waals surface area (Å²) in [5.74, 6) is 0.857. The SMILES string of the molecule is CN1CCCN(c2ccc(Nc3ncc4c(n3)Nc3cccc(n3)C(C)(O)CC/C=C\CNC4=O)cc2)CC1. The molecule has 3 aromatic rings. The molecule has 1 aromatic carbocycles. The van der Waals surface area contributed by atoms with Crippen molar-refractivity contribution in [2.24, 2.45) is 0 Å². The number of allylic oxidation sites excluding steroid dienone is 1. The maximum Gasteiger partial charge on any atom is 0.256 e. The van der Waals surface area contributed by atoms with Gasteiger partial charge in [0.05, 0.1) is 5.69 Å². The molecule has 5 rings (SSSR count). The topological polar surface area (TPSA) is 119 Å². The number of nitrogens with zero attached hydrogens (tertiary/aromatic N) is 5. The van der Waals surface area contributed by atoms with Crippen LogP contribution >= 0.6 is 0 Å². The molecule has 1 atom stereocenters. The minimum Gasteiger partial charge on any atom is -0.384 e. The highest BCUT2D eigenvalue weighted by Crippen LogP contribution is 2.28. The van der Waals surface area contributed by atoms with Gasteiger partial charge in [0.2, 0.25) is 5.95 Å². The number of likely N-dealkylation sites (N-methyl/N-ethyl adjacent to an activating group) is 1. The van der Waals surface area contributed by atoms with Gasteiger partial charge in [-0.2, -0.15) is 4.98 Å². The van der Waals surface area contributed by atoms with E-state index in [0.29, 0.717) is 48.2 Å². The lowest BCUT2D eigenvalue weighted by molar-refractivity contribution is 0.0444. The molecule has 0 aliphatic carbocycles. The minimum atomic E-state index is -1.09. The zero-order valence-electron chi connectivity index (χ0n) is 22.5. The van der Waals surface area contributed by atoms with E-state index < -0.39 is 5.60 Å². The summed E-state index contributed by atoms with van der Waals surface area (Å²) in [5.41, 5.74) is 1.79. The summed E-state index contributed by atoms with van der Waals surface area (Å²) in [7, 11) is 2.17. The largest absolute Gasteiger partial charge is 0.384 e. The molecule has 10 heteroatoms. The van der Waals surface area contributed by atoms with Crippen molar-refractivity contribution in [2.75, 3.05) is 55.3 Å². The van der Waals surface area contributed by atoms with Crippen molar-refractivity contribution in [3.63, 3.8) is 0 Å². The Morgan fingerprint density at radius 2 is 1.87 bits per heavy atom. The minimum absolute atomic E-state index is 0.290. The number of carbonyl (C=O) groups is 1. The lowest BCUT2D eigenvalue weighted by Crippen LogP contribution is -2.28. The Bertz CT molecular complexity index is 1330. The van der Waals surface area contributed by atoms with Gasteiger partial charge >= 0.3 is 0 Å². The Morgan fingerprint density at radius 3 is 2.72 bits per heavy atom. The number of hydrogen-bond donors (Lipinski definition) is 4. The fourth-order valence-electron chi connectivity index (χ4n) is 4.76. The number of nitrogens with one attached hydrogen (secondary N) is 3. The third kappa shape index (κ3) is 6.71. The second kappa shape index (κ2) is 11.8. The van der Waals surface area contributed by atoms with Crippen LogP contribution in [-0.4, -0.2) is 70.6 Å². The number of aromatic nitrogens is 3. The zero-order chi connectivity index (χ0) is 27.2. The molecule has 1 fully saturated rings. The Kier molecular flexibility index (Phi) is 8.04. The Labute approximate surface area is 229 Å². The van der Waals surface area contributed by atoms with Crippen molar-refractivity contribution >= 4 is 34.9 Å². The smallest absolute Gasteiger partial charge is 0.256 e. The van der Waals surface area contributed by atoms with E-state index >= 15 is 0 Å². The van der Waals surface area contributed by atoms with Gasteiger partial charge in [-0.1, -0.05) is 18.2 Å². The van der Waals surface area contributed by atoms with Gasteiger partial charge < -0.3 is 30.9 Å². The van der Waals surface area contributed by atoms with Gasteiger partial charge in [-0.05, 0) is 76.2 Å². The number of rotatable bonds is 3. The fraction of sp³-hybridized carbons (Fsp3) is 0.379. The van der Waals surface area contributed by atoms with E-state index in [1.807, 2.05) is 30.4 Å². The molecule has 10 nitrogen and oxygen atoms in total. The van der Waals surface area contributed by atoms with E-state index in [2.05, 4.69) is 59.9 Å². The average molecular weight is 529 g/mol. The summed E-state index contributed by atoms with van der Waals surface area (Å²) in [6, 6.07) is 13.6. The third-order valence-corrected chi connectivity index (χ3v) is 7.13. The molecular formula is C29H36N8O2. The van der Waals surface area contributed by atoms with Crippen LogP contribution in [0.15, 0.2) is 60.8 Å². The number of hydrogen-bond acceptors (Lipinski definition) is 9. The number of benzene rings is 1. The molecule has 204 valence electrons. The molecule has 1 amide bonds. The molecule has 2 aromatic heterocycles. The van der Waals surface area contributed by atoms with Crippen LogP contribution in [0.1, 0.15) is 42.2 Å². The number of aliphatic hydroxyl groups is 1. The van der Waals surface area contributed by atoms with E-state index in [1.165, 1.54) is 11.9 Å². The van der Waals surface area contributed by atoms with Gasteiger partial charge in [0.25, 0.3) is 5.91 Å². The van der Waals surface area contributed by atoms with Crippen LogP contribution in [0, 0.1) is 0 Å². The van der Waals surface area contributed by atoms with Gasteiger partial charge in [-0.3, -0.25) is 4.79 Å². The highest BCUT2D eigenvalue weighted by Gasteiger charge is 2.25. The number of amides is 1. The van der Waals surface area contributed by atoms with Crippen molar-refractivity contribution in [3.8, 4) is 0 Å². The summed E-state index contributed by atoms with van der Waals surface area (Å²) >= 11 is 0. The summed E-state index contributed by atoms with van der Waals surface area (Å²) in [4.78, 5) is 31.4. The first-order valence-corrected chi connectivity index (χ1v) is 13.5. The van der Waals surface area contributed by atoms with Crippen LogP contribution in [0.5, 0.6) is 0 Å². The van der Waals surface area contributed by atoms with Crippen LogP contribution in [0.4, 0.5) is 29.0 Å². The lowest BCUT2D eigenvalue weighted by Gasteiger charge is -2.23. The molecule has 2 aliphatic rings. The van der Waals surface area contributed by atoms with Gasteiger partial charge in [-0.15, -0.1) is 0 Å². The number of fused-ring (bicyclic) bond motifs is 3. The molecule has 2 bridgehead atoms. The third-order valence-electron chi connectivity index (χ3n) is 7.13. The predicted molar refractivity (Wildman–Crippen MR) is 154 cm³/mol. The maximum atomic E-state index is 13.0. The lowest BCUT2D eigenvalue weighted by atomic mass is 9.95. The number of carbonyl (C=O) groups excluding carboxylic acids is 1. The summed E-state index contributed by atoms with van der Waals surface area (Å²) in [5, 5.41) is 20.3. The van der Waals surface area contributed by atoms with E-state index in [9.17, 15) is 9.90 Å². The molecular weight excluding hydrogens is 492 g/mol. The average Bonchev–Trinajstić information content (AvgIpc) is 3.15. The highest BCUT2D eigenvalue weighted by molar-refractivity contribution is 5.99. The van der Waals surface area contributed by atoms with Gasteiger partial charge in [0, 0.05) is 43.8 Å². The zero-order valence-corrected chi connectivity index (χ0v) is 22.5. The highest BCUT2D eigenvalue weighted by atomic mass is 16.3. The normalized spacial score (nSPS) is 21.5. The van der Waals surface area contributed by atoms with Crippen LogP contribution in [0.3, 0.4) is 0 Å². The van der Waals surface area contributed by atoms with Crippen molar-refractivity contribution in [1.29, 1.82) is 0 Å². The first-order chi connectivity index (χ1) is 18.9. The molecule has 0 spiro atoms. The summed E-state index contributed by atoms with van der Waals surface area (Å²) in [6.07, 6.45) is 7.64. The van der Waals surface area contributed by atoms with Crippen LogP contribution in [0.2, 0.25) is 0 Å². The molecule has 2 aliphatic heterocycles.